The number of rotatable bonds is 11. The molecule has 0 spiro atoms. The van der Waals surface area contributed by atoms with Crippen molar-refractivity contribution in [2.45, 2.75) is 55.9 Å². The minimum atomic E-state index is -5.54. The van der Waals surface area contributed by atoms with Crippen molar-refractivity contribution in [1.82, 2.24) is 9.62 Å². The Morgan fingerprint density at radius 1 is 1.27 bits per heavy atom. The molecular formula is C28H36N2O9S. The SMILES string of the molecule is [2H]C([2H])([2H])C([2H])(C([2H])([2H])[2H])C([2H])([2H])N(C[C@@H](O)[C@H](Cc1ccccc1)NC(=O)O[C@@]1([2H])C([2H])([2H])O[C@@]2([2H])OC([2H])([2H])C([2H])([2H])[C@]21[2H])S(=O)(=O)c1ccc2c(c1)OCO2. The molecule has 5 rings (SSSR count). The second-order valence-corrected chi connectivity index (χ2v) is 10.3. The lowest BCUT2D eigenvalue weighted by Gasteiger charge is -2.31. The second-order valence-electron chi connectivity index (χ2n) is 8.46. The van der Waals surface area contributed by atoms with Crippen molar-refractivity contribution in [2.75, 3.05) is 33.0 Å². The average Bonchev–Trinajstić information content (AvgIpc) is 3.62. The highest BCUT2D eigenvalue weighted by Gasteiger charge is 2.44. The number of aliphatic hydroxyl groups excluding tert-OH is 1. The molecule has 0 saturated carbocycles. The van der Waals surface area contributed by atoms with Crippen LogP contribution in [0.2, 0.25) is 0 Å². The van der Waals surface area contributed by atoms with Gasteiger partial charge in [-0.1, -0.05) is 44.0 Å². The number of fused-ring (bicyclic) bond motifs is 2. The van der Waals surface area contributed by atoms with Crippen molar-refractivity contribution >= 4 is 16.1 Å². The number of amides is 1. The maximum atomic E-state index is 14.4. The van der Waals surface area contributed by atoms with Crippen molar-refractivity contribution in [3.8, 4) is 11.5 Å². The summed E-state index contributed by atoms with van der Waals surface area (Å²) in [6.45, 7) is -21.8. The first-order valence-corrected chi connectivity index (χ1v) is 13.1. The van der Waals surface area contributed by atoms with Gasteiger partial charge in [-0.05, 0) is 36.4 Å². The molecule has 2 N–H and O–H groups in total. The van der Waals surface area contributed by atoms with Gasteiger partial charge in [-0.15, -0.1) is 0 Å². The van der Waals surface area contributed by atoms with Crippen LogP contribution in [0.1, 0.15) is 50.3 Å². The number of sulfonamides is 1. The van der Waals surface area contributed by atoms with Crippen LogP contribution in [0.4, 0.5) is 4.79 Å². The Labute approximate surface area is 259 Å². The van der Waals surface area contributed by atoms with Crippen LogP contribution in [0.25, 0.3) is 0 Å². The second kappa shape index (κ2) is 12.3. The van der Waals surface area contributed by atoms with Gasteiger partial charge in [-0.3, -0.25) is 0 Å². The zero-order valence-electron chi connectivity index (χ0n) is 38.5. The van der Waals surface area contributed by atoms with E-state index in [1.54, 1.807) is 6.07 Å². The van der Waals surface area contributed by atoms with Crippen LogP contribution in [0.3, 0.4) is 0 Å². The molecule has 0 radical (unpaired) electrons. The normalized spacial score (nSPS) is 40.5. The van der Waals surface area contributed by atoms with Crippen LogP contribution < -0.4 is 14.8 Å². The monoisotopic (exact) mass is 594 g/mol. The summed E-state index contributed by atoms with van der Waals surface area (Å²) in [4.78, 5) is 12.8. The third-order valence-corrected chi connectivity index (χ3v) is 7.44. The van der Waals surface area contributed by atoms with E-state index < -0.39 is 114 Å². The number of ether oxygens (including phenoxy) is 5. The highest BCUT2D eigenvalue weighted by molar-refractivity contribution is 7.89. The zero-order valence-corrected chi connectivity index (χ0v) is 21.3. The average molecular weight is 595 g/mol. The van der Waals surface area contributed by atoms with E-state index in [1.165, 1.54) is 24.3 Å². The van der Waals surface area contributed by atoms with Gasteiger partial charge in [0.2, 0.25) is 16.8 Å². The van der Waals surface area contributed by atoms with Gasteiger partial charge in [0.25, 0.3) is 0 Å². The Bertz CT molecular complexity index is 2010. The smallest absolute Gasteiger partial charge is 0.407 e. The molecule has 2 fully saturated rings. The lowest BCUT2D eigenvalue weighted by atomic mass is 10.0. The van der Waals surface area contributed by atoms with E-state index >= 15 is 0 Å². The van der Waals surface area contributed by atoms with Crippen molar-refractivity contribution in [1.29, 1.82) is 0 Å². The molecule has 2 aromatic rings. The highest BCUT2D eigenvalue weighted by Crippen LogP contribution is 2.35. The molecule has 0 aliphatic carbocycles. The standard InChI is InChI=1S/C28H36N2O9S/c1-18(2)14-30(40(33,34)20-8-9-24-25(13-20)38-17-37-24)15-23(31)22(12-19-6-4-3-5-7-19)29-28(32)39-26-16-36-27-21(26)10-11-35-27/h3-9,13,18,21-23,26-27,31H,10-12,14-17H2,1-2H3,(H,29,32)/t21-,22-,23+,26-,27+/m0/s1/i1D3,2D3,10D2,11D2,14D2,16D2,18D,21D,26D,27D. The van der Waals surface area contributed by atoms with E-state index in [-0.39, 0.29) is 23.9 Å². The van der Waals surface area contributed by atoms with Gasteiger partial charge in [0, 0.05) is 35.6 Å². The Kier molecular flexibility index (Phi) is 4.26. The Balaban J connectivity index is 1.59. The maximum Gasteiger partial charge on any atom is 0.407 e. The number of aliphatic hydroxyl groups is 1. The molecule has 0 bridgehead atoms. The van der Waals surface area contributed by atoms with Crippen molar-refractivity contribution in [3.63, 3.8) is 0 Å². The number of nitrogens with one attached hydrogen (secondary N) is 1. The number of hydrogen-bond acceptors (Lipinski definition) is 9. The zero-order chi connectivity index (χ0) is 44.1. The minimum Gasteiger partial charge on any atom is -0.454 e. The molecule has 3 heterocycles. The van der Waals surface area contributed by atoms with Gasteiger partial charge in [-0.2, -0.15) is 4.31 Å². The van der Waals surface area contributed by atoms with Crippen molar-refractivity contribution in [2.24, 2.45) is 11.8 Å². The van der Waals surface area contributed by atoms with Crippen LogP contribution in [-0.2, 0) is 30.7 Å². The van der Waals surface area contributed by atoms with E-state index in [1.807, 2.05) is 5.32 Å². The van der Waals surface area contributed by atoms with Gasteiger partial charge in [-0.25, -0.2) is 13.2 Å². The predicted octanol–water partition coefficient (Wildman–Crippen LogP) is 2.52. The van der Waals surface area contributed by atoms with E-state index in [0.717, 1.165) is 18.2 Å². The first-order valence-electron chi connectivity index (χ1n) is 20.6. The van der Waals surface area contributed by atoms with Crippen molar-refractivity contribution < 1.29 is 66.7 Å². The summed E-state index contributed by atoms with van der Waals surface area (Å²) in [6.07, 6.45) is -16.5. The molecule has 11 nitrogen and oxygen atoms in total. The number of carbonyl (C=O) groups excluding carboxylic acids is 1. The molecular weight excluding hydrogens is 540 g/mol. The number of carbonyl (C=O) groups is 1. The first kappa shape index (κ1) is 13.8. The van der Waals surface area contributed by atoms with E-state index in [4.69, 9.17) is 43.6 Å². The third kappa shape index (κ3) is 6.52. The molecule has 1 amide bonds. The van der Waals surface area contributed by atoms with Crippen LogP contribution in [0, 0.1) is 11.8 Å². The Morgan fingerprint density at radius 3 is 2.88 bits per heavy atom. The Morgan fingerprint density at radius 2 is 2.08 bits per heavy atom. The molecule has 218 valence electrons. The van der Waals surface area contributed by atoms with Crippen molar-refractivity contribution in [3.05, 3.63) is 54.1 Å². The van der Waals surface area contributed by atoms with Crippen LogP contribution in [-0.4, -0.2) is 81.4 Å². The highest BCUT2D eigenvalue weighted by atomic mass is 32.2. The fraction of sp³-hybridized carbons (Fsp3) is 0.536. The fourth-order valence-corrected chi connectivity index (χ4v) is 5.19. The van der Waals surface area contributed by atoms with Gasteiger partial charge in [0.15, 0.2) is 17.8 Å². The predicted molar refractivity (Wildman–Crippen MR) is 143 cm³/mol. The molecule has 3 aliphatic heterocycles. The molecule has 5 atom stereocenters. The van der Waals surface area contributed by atoms with E-state index in [2.05, 4.69) is 4.74 Å². The van der Waals surface area contributed by atoms with Crippen LogP contribution in [0.15, 0.2) is 53.4 Å². The van der Waals surface area contributed by atoms with Crippen LogP contribution >= 0.6 is 0 Å². The van der Waals surface area contributed by atoms with Crippen LogP contribution in [0.5, 0.6) is 11.5 Å². The molecule has 12 heteroatoms. The summed E-state index contributed by atoms with van der Waals surface area (Å²) in [7, 11) is -5.54. The molecule has 40 heavy (non-hydrogen) atoms. The van der Waals surface area contributed by atoms with Gasteiger partial charge in [0.05, 0.1) is 44.3 Å². The lowest BCUT2D eigenvalue weighted by Crippen LogP contribution is -2.51. The largest absolute Gasteiger partial charge is 0.454 e. The quantitative estimate of drug-likeness (QED) is 0.403. The third-order valence-electron chi connectivity index (χ3n) is 5.77. The summed E-state index contributed by atoms with van der Waals surface area (Å²) in [5.74, 6) is -8.28. The fourth-order valence-electron chi connectivity index (χ4n) is 3.88. The summed E-state index contributed by atoms with van der Waals surface area (Å²) >= 11 is 0. The molecule has 3 aliphatic rings. The summed E-state index contributed by atoms with van der Waals surface area (Å²) < 4.78 is 201. The molecule has 2 aromatic carbocycles. The first-order chi connectivity index (χ1) is 26.1. The molecule has 2 saturated heterocycles. The number of hydrogen-bond donors (Lipinski definition) is 2. The number of benzene rings is 2. The molecule has 0 aromatic heterocycles. The number of alkyl carbamates (subject to hydrolysis) is 1. The van der Waals surface area contributed by atoms with E-state index in [0.29, 0.717) is 0 Å². The summed E-state index contributed by atoms with van der Waals surface area (Å²) in [5, 5.41) is 13.7. The maximum absolute atomic E-state index is 14.4. The topological polar surface area (TPSA) is 133 Å². The lowest BCUT2D eigenvalue weighted by molar-refractivity contribution is -0.0907. The number of nitrogens with zero attached hydrogens (tertiary/aromatic N) is 1. The Hall–Kier alpha value is -2.90. The minimum absolute atomic E-state index is 0.0358. The van der Waals surface area contributed by atoms with Gasteiger partial charge >= 0.3 is 6.09 Å². The summed E-state index contributed by atoms with van der Waals surface area (Å²) in [5.41, 5.74) is 0.232. The van der Waals surface area contributed by atoms with E-state index in [9.17, 15) is 18.3 Å². The summed E-state index contributed by atoms with van der Waals surface area (Å²) in [6, 6.07) is 8.12. The van der Waals surface area contributed by atoms with Gasteiger partial charge < -0.3 is 34.1 Å². The molecule has 0 unspecified atom stereocenters. The van der Waals surface area contributed by atoms with Gasteiger partial charge in [0.1, 0.15) is 6.08 Å².